The number of nitrogens with zero attached hydrogens (tertiary/aromatic N) is 3. The number of rotatable bonds is 8. The molecule has 0 radical (unpaired) electrons. The van der Waals surface area contributed by atoms with Crippen molar-refractivity contribution >= 4 is 32.5 Å². The summed E-state index contributed by atoms with van der Waals surface area (Å²) >= 11 is 1.44. The molecule has 3 aliphatic rings. The molecule has 2 atom stereocenters. The SMILES string of the molecule is Cc1ccc(Cc2nsc(N3CCC(CNS(=O)(=O)CC45CCC(CC4=O)C5(C)C)CC3)n2)cc1. The van der Waals surface area contributed by atoms with E-state index < -0.39 is 15.4 Å². The molecule has 5 rings (SSSR count). The first-order valence-corrected chi connectivity index (χ1v) is 15.1. The van der Waals surface area contributed by atoms with Crippen LogP contribution in [0.1, 0.15) is 62.9 Å². The normalized spacial score (nSPS) is 26.5. The third-order valence-corrected chi connectivity index (χ3v) is 11.3. The van der Waals surface area contributed by atoms with Crippen LogP contribution in [0.15, 0.2) is 24.3 Å². The maximum Gasteiger partial charge on any atom is 0.212 e. The molecule has 2 saturated carbocycles. The van der Waals surface area contributed by atoms with Crippen LogP contribution in [-0.2, 0) is 21.2 Å². The Labute approximate surface area is 212 Å². The number of aromatic nitrogens is 2. The van der Waals surface area contributed by atoms with Crippen molar-refractivity contribution in [2.75, 3.05) is 30.3 Å². The third-order valence-electron chi connectivity index (χ3n) is 8.99. The van der Waals surface area contributed by atoms with Gasteiger partial charge < -0.3 is 4.90 Å². The Kier molecular flexibility index (Phi) is 6.55. The molecule has 2 unspecified atom stereocenters. The number of nitrogens with one attached hydrogen (secondary N) is 1. The van der Waals surface area contributed by atoms with E-state index in [9.17, 15) is 13.2 Å². The molecule has 35 heavy (non-hydrogen) atoms. The van der Waals surface area contributed by atoms with Crippen LogP contribution in [0.25, 0.3) is 0 Å². The molecule has 3 fully saturated rings. The first-order valence-electron chi connectivity index (χ1n) is 12.7. The highest BCUT2D eigenvalue weighted by molar-refractivity contribution is 7.89. The van der Waals surface area contributed by atoms with E-state index in [1.165, 1.54) is 22.7 Å². The summed E-state index contributed by atoms with van der Waals surface area (Å²) < 4.78 is 33.4. The molecule has 7 nitrogen and oxygen atoms in total. The van der Waals surface area contributed by atoms with Crippen LogP contribution in [-0.4, -0.2) is 48.9 Å². The van der Waals surface area contributed by atoms with Gasteiger partial charge in [-0.15, -0.1) is 0 Å². The van der Waals surface area contributed by atoms with Gasteiger partial charge >= 0.3 is 0 Å². The molecule has 1 aliphatic heterocycles. The number of sulfonamides is 1. The average Bonchev–Trinajstić information content (AvgIpc) is 3.43. The number of carbonyl (C=O) groups excluding carboxylic acids is 1. The van der Waals surface area contributed by atoms with Gasteiger partial charge in [-0.05, 0) is 55.4 Å². The molecule has 1 N–H and O–H groups in total. The number of aryl methyl sites for hydroxylation is 1. The van der Waals surface area contributed by atoms with Crippen molar-refractivity contribution in [2.45, 2.75) is 59.3 Å². The molecule has 1 saturated heterocycles. The molecule has 2 aliphatic carbocycles. The Morgan fingerprint density at radius 3 is 2.49 bits per heavy atom. The number of piperidine rings is 1. The fraction of sp³-hybridized carbons (Fsp3) is 0.654. The quantitative estimate of drug-likeness (QED) is 0.571. The summed E-state index contributed by atoms with van der Waals surface area (Å²) in [5, 5.41) is 0.947. The molecule has 0 amide bonds. The summed E-state index contributed by atoms with van der Waals surface area (Å²) in [7, 11) is -3.51. The van der Waals surface area contributed by atoms with E-state index in [1.807, 2.05) is 0 Å². The van der Waals surface area contributed by atoms with Gasteiger partial charge in [0.2, 0.25) is 15.2 Å². The number of hydrogen-bond donors (Lipinski definition) is 1. The minimum atomic E-state index is -3.51. The van der Waals surface area contributed by atoms with Gasteiger partial charge in [0, 0.05) is 49.4 Å². The van der Waals surface area contributed by atoms with E-state index >= 15 is 0 Å². The highest BCUT2D eigenvalue weighted by Crippen LogP contribution is 2.64. The van der Waals surface area contributed by atoms with E-state index in [0.29, 0.717) is 31.2 Å². The lowest BCUT2D eigenvalue weighted by atomic mass is 9.70. The van der Waals surface area contributed by atoms with E-state index in [4.69, 9.17) is 4.98 Å². The van der Waals surface area contributed by atoms with Gasteiger partial charge in [0.05, 0.1) is 5.75 Å². The highest BCUT2D eigenvalue weighted by atomic mass is 32.2. The highest BCUT2D eigenvalue weighted by Gasteiger charge is 2.65. The minimum absolute atomic E-state index is 0.0598. The van der Waals surface area contributed by atoms with Crippen molar-refractivity contribution in [1.82, 2.24) is 14.1 Å². The molecule has 2 heterocycles. The lowest BCUT2D eigenvalue weighted by Crippen LogP contribution is -2.46. The number of carbonyl (C=O) groups is 1. The number of ketones is 1. The molecular weight excluding hydrogens is 480 g/mol. The number of hydrogen-bond acceptors (Lipinski definition) is 7. The summed E-state index contributed by atoms with van der Waals surface area (Å²) in [6.45, 7) is 8.39. The second-order valence-electron chi connectivity index (χ2n) is 11.4. The molecule has 9 heteroatoms. The van der Waals surface area contributed by atoms with Gasteiger partial charge in [-0.1, -0.05) is 43.7 Å². The van der Waals surface area contributed by atoms with Crippen molar-refractivity contribution in [2.24, 2.45) is 22.7 Å². The first-order chi connectivity index (χ1) is 16.6. The standard InChI is InChI=1S/C26H36N4O3S2/c1-18-4-6-19(7-5-18)14-23-28-24(34-29-23)30-12-9-20(10-13-30)16-27-35(32,33)17-26-11-8-21(15-22(26)31)25(26,2)3/h4-7,20-21,27H,8-17H2,1-3H3. The summed E-state index contributed by atoms with van der Waals surface area (Å²) in [6.07, 6.45) is 4.76. The number of anilines is 1. The van der Waals surface area contributed by atoms with Crippen LogP contribution in [0.2, 0.25) is 0 Å². The largest absolute Gasteiger partial charge is 0.347 e. The van der Waals surface area contributed by atoms with E-state index in [2.05, 4.69) is 59.0 Å². The second-order valence-corrected chi connectivity index (χ2v) is 13.9. The van der Waals surface area contributed by atoms with Gasteiger partial charge in [0.25, 0.3) is 0 Å². The smallest absolute Gasteiger partial charge is 0.212 e. The molecule has 2 aromatic rings. The lowest BCUT2D eigenvalue weighted by molar-refractivity contribution is -0.128. The van der Waals surface area contributed by atoms with Gasteiger partial charge in [0.15, 0.2) is 0 Å². The monoisotopic (exact) mass is 516 g/mol. The van der Waals surface area contributed by atoms with Crippen LogP contribution in [0, 0.1) is 29.6 Å². The van der Waals surface area contributed by atoms with Crippen molar-refractivity contribution in [3.63, 3.8) is 0 Å². The van der Waals surface area contributed by atoms with Crippen LogP contribution in [0.4, 0.5) is 5.13 Å². The Morgan fingerprint density at radius 2 is 1.86 bits per heavy atom. The van der Waals surface area contributed by atoms with Gasteiger partial charge in [-0.25, -0.2) is 18.1 Å². The lowest BCUT2D eigenvalue weighted by Gasteiger charge is -2.36. The topological polar surface area (TPSA) is 92.3 Å². The third kappa shape index (κ3) is 4.79. The predicted molar refractivity (Wildman–Crippen MR) is 139 cm³/mol. The maximum absolute atomic E-state index is 13.0. The molecule has 2 bridgehead atoms. The molecule has 1 aromatic carbocycles. The van der Waals surface area contributed by atoms with E-state index in [-0.39, 0.29) is 17.0 Å². The van der Waals surface area contributed by atoms with Crippen LogP contribution in [0.5, 0.6) is 0 Å². The van der Waals surface area contributed by atoms with Crippen molar-refractivity contribution < 1.29 is 13.2 Å². The summed E-state index contributed by atoms with van der Waals surface area (Å²) in [5.41, 5.74) is 1.51. The van der Waals surface area contributed by atoms with Gasteiger partial charge in [-0.2, -0.15) is 4.37 Å². The zero-order valence-corrected chi connectivity index (χ0v) is 22.6. The zero-order valence-electron chi connectivity index (χ0n) is 20.9. The van der Waals surface area contributed by atoms with Crippen LogP contribution in [0.3, 0.4) is 0 Å². The van der Waals surface area contributed by atoms with Crippen molar-refractivity contribution in [3.05, 3.63) is 41.2 Å². The second kappa shape index (κ2) is 9.23. The molecule has 1 aromatic heterocycles. The van der Waals surface area contributed by atoms with Gasteiger partial charge in [-0.3, -0.25) is 4.79 Å². The van der Waals surface area contributed by atoms with E-state index in [0.717, 1.165) is 49.7 Å². The zero-order chi connectivity index (χ0) is 24.8. The minimum Gasteiger partial charge on any atom is -0.347 e. The Balaban J connectivity index is 1.12. The van der Waals surface area contributed by atoms with E-state index in [1.54, 1.807) is 0 Å². The summed E-state index contributed by atoms with van der Waals surface area (Å²) in [6, 6.07) is 8.46. The summed E-state index contributed by atoms with van der Waals surface area (Å²) in [5.74, 6) is 1.56. The molecular formula is C26H36N4O3S2. The Morgan fingerprint density at radius 1 is 1.14 bits per heavy atom. The van der Waals surface area contributed by atoms with Gasteiger partial charge in [0.1, 0.15) is 11.6 Å². The number of fused-ring (bicyclic) bond motifs is 2. The molecule has 0 spiro atoms. The predicted octanol–water partition coefficient (Wildman–Crippen LogP) is 3.97. The van der Waals surface area contributed by atoms with Crippen LogP contribution < -0.4 is 9.62 Å². The fourth-order valence-electron chi connectivity index (χ4n) is 6.39. The summed E-state index contributed by atoms with van der Waals surface area (Å²) in [4.78, 5) is 19.8. The average molecular weight is 517 g/mol. The first kappa shape index (κ1) is 24.8. The Bertz CT molecular complexity index is 1180. The van der Waals surface area contributed by atoms with Crippen molar-refractivity contribution in [3.8, 4) is 0 Å². The maximum atomic E-state index is 13.0. The number of benzene rings is 1. The number of Topliss-reactive ketones (excluding diaryl/α,β-unsaturated/α-hetero) is 1. The Hall–Kier alpha value is -1.84. The fourth-order valence-corrected chi connectivity index (χ4v) is 9.04. The molecule has 190 valence electrons. The van der Waals surface area contributed by atoms with Crippen molar-refractivity contribution in [1.29, 1.82) is 0 Å². The van der Waals surface area contributed by atoms with Crippen LogP contribution >= 0.6 is 11.5 Å².